The van der Waals surface area contributed by atoms with Gasteiger partial charge in [0.05, 0.1) is 18.8 Å². The summed E-state index contributed by atoms with van der Waals surface area (Å²) in [6, 6.07) is 10.3. The largest absolute Gasteiger partial charge is 0.393 e. The van der Waals surface area contributed by atoms with Gasteiger partial charge in [-0.25, -0.2) is 0 Å². The number of unbranched alkanes of at least 4 members (excludes halogenated alkanes) is 2. The van der Waals surface area contributed by atoms with Gasteiger partial charge in [-0.15, -0.1) is 10.1 Å². The van der Waals surface area contributed by atoms with Crippen LogP contribution in [0.15, 0.2) is 54.6 Å². The van der Waals surface area contributed by atoms with Crippen molar-refractivity contribution in [1.29, 1.82) is 0 Å². The van der Waals surface area contributed by atoms with Crippen molar-refractivity contribution >= 4 is 5.91 Å². The van der Waals surface area contributed by atoms with E-state index in [1.807, 2.05) is 25.1 Å². The minimum atomic E-state index is -0.753. The zero-order valence-corrected chi connectivity index (χ0v) is 22.0. The van der Waals surface area contributed by atoms with Crippen molar-refractivity contribution in [2.75, 3.05) is 13.2 Å². The van der Waals surface area contributed by atoms with Crippen LogP contribution in [0.3, 0.4) is 0 Å². The highest BCUT2D eigenvalue weighted by molar-refractivity contribution is 5.75. The van der Waals surface area contributed by atoms with E-state index in [0.29, 0.717) is 32.2 Å². The first kappa shape index (κ1) is 30.5. The van der Waals surface area contributed by atoms with Crippen molar-refractivity contribution in [1.82, 2.24) is 5.32 Å². The summed E-state index contributed by atoms with van der Waals surface area (Å²) in [5.74, 6) is 0.176. The maximum atomic E-state index is 11.5. The van der Waals surface area contributed by atoms with E-state index in [0.717, 1.165) is 38.5 Å². The highest BCUT2D eigenvalue weighted by atomic mass is 16.9. The monoisotopic (exact) mass is 516 g/mol. The number of nitrogens with one attached hydrogen (secondary N) is 1. The standard InChI is InChI=1S/C29H44N2O6/c1-2-30-29(34)16-9-4-3-8-15-25-26(28(33)22-27(25)32)20-19-24(14-10-11-21-37-31(35)36)18-17-23-12-6-5-7-13-23/h3,5-8,12-13,19-20,24-28,32-33H,2,4,9-11,14-18,21-22H2,1H3,(H,30,34)/b8-3-,20-19+/t24-,25-,26-,27+,28-/m1/s1. The second kappa shape index (κ2) is 17.7. The van der Waals surface area contributed by atoms with Gasteiger partial charge >= 0.3 is 0 Å². The quantitative estimate of drug-likeness (QED) is 0.112. The summed E-state index contributed by atoms with van der Waals surface area (Å²) < 4.78 is 0. The smallest absolute Gasteiger partial charge is 0.294 e. The molecule has 2 rings (SSSR count). The van der Waals surface area contributed by atoms with E-state index in [4.69, 9.17) is 0 Å². The Morgan fingerprint density at radius 2 is 1.95 bits per heavy atom. The number of carbonyl (C=O) groups is 1. The van der Waals surface area contributed by atoms with Gasteiger partial charge in [-0.3, -0.25) is 4.79 Å². The second-order valence-electron chi connectivity index (χ2n) is 9.89. The van der Waals surface area contributed by atoms with Gasteiger partial charge in [-0.2, -0.15) is 0 Å². The van der Waals surface area contributed by atoms with Crippen LogP contribution in [0.25, 0.3) is 0 Å². The molecule has 0 aromatic heterocycles. The third-order valence-electron chi connectivity index (χ3n) is 7.06. The lowest BCUT2D eigenvalue weighted by Crippen LogP contribution is -2.21. The molecule has 0 heterocycles. The van der Waals surface area contributed by atoms with Crippen LogP contribution in [0.2, 0.25) is 0 Å². The molecule has 0 saturated heterocycles. The summed E-state index contributed by atoms with van der Waals surface area (Å²) in [4.78, 5) is 26.4. The molecule has 3 N–H and O–H groups in total. The highest BCUT2D eigenvalue weighted by Crippen LogP contribution is 2.37. The van der Waals surface area contributed by atoms with Gasteiger partial charge < -0.3 is 20.4 Å². The summed E-state index contributed by atoms with van der Waals surface area (Å²) in [5.41, 5.74) is 1.27. The molecule has 0 aliphatic heterocycles. The normalized spacial score (nSPS) is 22.5. The van der Waals surface area contributed by atoms with Gasteiger partial charge in [-0.1, -0.05) is 61.1 Å². The van der Waals surface area contributed by atoms with Gasteiger partial charge in [0.2, 0.25) is 5.91 Å². The van der Waals surface area contributed by atoms with E-state index < -0.39 is 17.3 Å². The lowest BCUT2D eigenvalue weighted by molar-refractivity contribution is -0.757. The summed E-state index contributed by atoms with van der Waals surface area (Å²) in [6.45, 7) is 2.66. The molecule has 1 aliphatic rings. The van der Waals surface area contributed by atoms with Gasteiger partial charge in [-0.05, 0) is 69.3 Å². The van der Waals surface area contributed by atoms with Crippen LogP contribution in [-0.2, 0) is 16.1 Å². The molecular weight excluding hydrogens is 472 g/mol. The number of allylic oxidation sites excluding steroid dienone is 3. The van der Waals surface area contributed by atoms with E-state index in [-0.39, 0.29) is 30.3 Å². The number of nitrogens with zero attached hydrogens (tertiary/aromatic N) is 1. The Kier molecular flexibility index (Phi) is 14.6. The summed E-state index contributed by atoms with van der Waals surface area (Å²) in [5, 5.41) is 33.6. The van der Waals surface area contributed by atoms with Gasteiger partial charge in [0, 0.05) is 25.3 Å². The molecule has 37 heavy (non-hydrogen) atoms. The molecule has 206 valence electrons. The SMILES string of the molecule is CCNC(=O)CCC/C=C\C[C@@H]1[C@@H](/C=C/[C@H](CCCCO[N+](=O)[O-])CCc2ccccc2)[C@H](O)C[C@@H]1O. The summed E-state index contributed by atoms with van der Waals surface area (Å²) >= 11 is 0. The Hall–Kier alpha value is -2.71. The first-order valence-corrected chi connectivity index (χ1v) is 13.7. The van der Waals surface area contributed by atoms with E-state index >= 15 is 0 Å². The van der Waals surface area contributed by atoms with Crippen LogP contribution in [0.4, 0.5) is 0 Å². The summed E-state index contributed by atoms with van der Waals surface area (Å²) in [7, 11) is 0. The number of hydrogen-bond donors (Lipinski definition) is 3. The number of benzene rings is 1. The third kappa shape index (κ3) is 12.4. The van der Waals surface area contributed by atoms with Crippen LogP contribution >= 0.6 is 0 Å². The van der Waals surface area contributed by atoms with Crippen LogP contribution in [-0.4, -0.2) is 46.6 Å². The molecule has 5 atom stereocenters. The first-order valence-electron chi connectivity index (χ1n) is 13.7. The Balaban J connectivity index is 1.92. The summed E-state index contributed by atoms with van der Waals surface area (Å²) in [6.07, 6.45) is 14.6. The van der Waals surface area contributed by atoms with Crippen molar-refractivity contribution in [3.8, 4) is 0 Å². The van der Waals surface area contributed by atoms with Crippen LogP contribution in [0, 0.1) is 27.9 Å². The predicted octanol–water partition coefficient (Wildman–Crippen LogP) is 4.78. The molecule has 8 nitrogen and oxygen atoms in total. The molecular formula is C29H44N2O6. The van der Waals surface area contributed by atoms with E-state index in [9.17, 15) is 25.1 Å². The van der Waals surface area contributed by atoms with E-state index in [2.05, 4.69) is 46.6 Å². The number of amides is 1. The third-order valence-corrected chi connectivity index (χ3v) is 7.06. The van der Waals surface area contributed by atoms with Crippen molar-refractivity contribution in [3.05, 3.63) is 70.3 Å². The van der Waals surface area contributed by atoms with Gasteiger partial charge in [0.1, 0.15) is 0 Å². The fourth-order valence-electron chi connectivity index (χ4n) is 5.01. The number of hydrogen-bond acceptors (Lipinski definition) is 6. The lowest BCUT2D eigenvalue weighted by atomic mass is 9.87. The highest BCUT2D eigenvalue weighted by Gasteiger charge is 2.39. The molecule has 1 saturated carbocycles. The number of aryl methyl sites for hydroxylation is 1. The average molecular weight is 517 g/mol. The van der Waals surface area contributed by atoms with Crippen molar-refractivity contribution in [2.45, 2.75) is 83.3 Å². The number of aliphatic hydroxyl groups is 2. The Morgan fingerprint density at radius 1 is 1.16 bits per heavy atom. The van der Waals surface area contributed by atoms with E-state index in [1.54, 1.807) is 0 Å². The Morgan fingerprint density at radius 3 is 2.68 bits per heavy atom. The van der Waals surface area contributed by atoms with Crippen molar-refractivity contribution in [2.24, 2.45) is 17.8 Å². The zero-order valence-electron chi connectivity index (χ0n) is 22.0. The molecule has 0 radical (unpaired) electrons. The molecule has 0 spiro atoms. The Bertz CT molecular complexity index is 844. The van der Waals surface area contributed by atoms with Crippen molar-refractivity contribution < 1.29 is 24.9 Å². The minimum absolute atomic E-state index is 0.0471. The fraction of sp³-hybridized carbons (Fsp3) is 0.621. The average Bonchev–Trinajstić information content (AvgIpc) is 3.14. The molecule has 1 amide bonds. The molecule has 1 aromatic carbocycles. The molecule has 8 heteroatoms. The molecule has 1 aromatic rings. The molecule has 1 fully saturated rings. The van der Waals surface area contributed by atoms with Gasteiger partial charge in [0.25, 0.3) is 5.09 Å². The first-order chi connectivity index (χ1) is 17.9. The van der Waals surface area contributed by atoms with Crippen LogP contribution in [0.1, 0.15) is 70.3 Å². The topological polar surface area (TPSA) is 122 Å². The number of rotatable bonds is 18. The maximum Gasteiger partial charge on any atom is 0.294 e. The molecule has 0 bridgehead atoms. The lowest BCUT2D eigenvalue weighted by Gasteiger charge is -2.20. The number of aliphatic hydroxyl groups excluding tert-OH is 2. The molecule has 1 aliphatic carbocycles. The second-order valence-corrected chi connectivity index (χ2v) is 9.89. The number of carbonyl (C=O) groups excluding carboxylic acids is 1. The minimum Gasteiger partial charge on any atom is -0.393 e. The molecule has 0 unspecified atom stereocenters. The van der Waals surface area contributed by atoms with Crippen LogP contribution < -0.4 is 5.32 Å². The van der Waals surface area contributed by atoms with Crippen molar-refractivity contribution in [3.63, 3.8) is 0 Å². The predicted molar refractivity (Wildman–Crippen MR) is 144 cm³/mol. The Labute approximate surface area is 220 Å². The maximum absolute atomic E-state index is 11.5. The van der Waals surface area contributed by atoms with E-state index in [1.165, 1.54) is 5.56 Å². The van der Waals surface area contributed by atoms with Gasteiger partial charge in [0.15, 0.2) is 0 Å². The zero-order chi connectivity index (χ0) is 26.9. The van der Waals surface area contributed by atoms with Crippen LogP contribution in [0.5, 0.6) is 0 Å². The fourth-order valence-corrected chi connectivity index (χ4v) is 5.01.